The van der Waals surface area contributed by atoms with Crippen molar-refractivity contribution in [2.45, 2.75) is 39.2 Å². The molecule has 5 rings (SSSR count). The smallest absolute Gasteiger partial charge is 0.213 e. The number of fused-ring (bicyclic) bond motifs is 3. The second-order valence-corrected chi connectivity index (χ2v) is 12.0. The van der Waals surface area contributed by atoms with E-state index in [1.165, 1.54) is 23.8 Å². The van der Waals surface area contributed by atoms with Crippen LogP contribution in [0, 0.1) is 18.8 Å². The molecule has 1 heterocycles. The first-order valence-electron chi connectivity index (χ1n) is 11.9. The summed E-state index contributed by atoms with van der Waals surface area (Å²) >= 11 is 0. The zero-order valence-corrected chi connectivity index (χ0v) is 20.8. The molecule has 6 heteroatoms. The van der Waals surface area contributed by atoms with Crippen molar-refractivity contribution < 1.29 is 17.9 Å². The third-order valence-electron chi connectivity index (χ3n) is 7.13. The molecule has 0 unspecified atom stereocenters. The molecule has 0 spiro atoms. The van der Waals surface area contributed by atoms with Crippen molar-refractivity contribution in [3.05, 3.63) is 77.0 Å². The number of rotatable bonds is 9. The summed E-state index contributed by atoms with van der Waals surface area (Å²) in [4.78, 5) is 4.42. The summed E-state index contributed by atoms with van der Waals surface area (Å²) in [5.41, 5.74) is 7.26. The van der Waals surface area contributed by atoms with Gasteiger partial charge in [-0.25, -0.2) is 13.4 Å². The Hall–Kier alpha value is -2.86. The fourth-order valence-electron chi connectivity index (χ4n) is 5.20. The first-order valence-corrected chi connectivity index (χ1v) is 14.0. The average Bonchev–Trinajstić information content (AvgIpc) is 3.25. The summed E-state index contributed by atoms with van der Waals surface area (Å²) in [5.74, 6) is 4.04. The van der Waals surface area contributed by atoms with E-state index >= 15 is 0 Å². The van der Waals surface area contributed by atoms with E-state index in [1.54, 1.807) is 0 Å². The van der Waals surface area contributed by atoms with E-state index in [0.29, 0.717) is 25.5 Å². The number of hydrogen-bond acceptors (Lipinski definition) is 5. The lowest BCUT2D eigenvalue weighted by Crippen LogP contribution is -2.08. The maximum absolute atomic E-state index is 11.2. The Balaban J connectivity index is 1.21. The molecule has 0 saturated heterocycles. The minimum Gasteiger partial charge on any atom is -0.489 e. The molecule has 178 valence electrons. The molecule has 0 N–H and O–H groups in total. The SMILES string of the molecule is Cc1cc(OCCCS(C)(=O)=O)ncc1-c1cccc(COc2ccc3c(c2)C[C@H]2[C@H](C)[C@@H]32)c1. The van der Waals surface area contributed by atoms with Crippen LogP contribution in [-0.2, 0) is 22.9 Å². The zero-order chi connectivity index (χ0) is 23.9. The molecule has 3 atom stereocenters. The monoisotopic (exact) mass is 477 g/mol. The van der Waals surface area contributed by atoms with Gasteiger partial charge in [-0.3, -0.25) is 0 Å². The number of sulfone groups is 1. The molecule has 0 aliphatic heterocycles. The lowest BCUT2D eigenvalue weighted by atomic mass is 10.0. The topological polar surface area (TPSA) is 65.5 Å². The zero-order valence-electron chi connectivity index (χ0n) is 20.0. The highest BCUT2D eigenvalue weighted by molar-refractivity contribution is 7.90. The summed E-state index contributed by atoms with van der Waals surface area (Å²) in [6.45, 7) is 5.23. The van der Waals surface area contributed by atoms with Crippen molar-refractivity contribution in [1.82, 2.24) is 4.98 Å². The lowest BCUT2D eigenvalue weighted by Gasteiger charge is -2.12. The predicted molar refractivity (Wildman–Crippen MR) is 134 cm³/mol. The summed E-state index contributed by atoms with van der Waals surface area (Å²) in [6, 6.07) is 16.8. The van der Waals surface area contributed by atoms with Gasteiger partial charge in [0.1, 0.15) is 22.2 Å². The van der Waals surface area contributed by atoms with Gasteiger partial charge in [0.15, 0.2) is 0 Å². The molecule has 0 amide bonds. The van der Waals surface area contributed by atoms with Gasteiger partial charge in [0.25, 0.3) is 0 Å². The predicted octanol–water partition coefficient (Wildman–Crippen LogP) is 5.36. The van der Waals surface area contributed by atoms with Crippen LogP contribution in [0.15, 0.2) is 54.7 Å². The molecule has 1 fully saturated rings. The normalized spacial score (nSPS) is 20.5. The molecule has 2 aliphatic rings. The highest BCUT2D eigenvalue weighted by Gasteiger charge is 2.52. The van der Waals surface area contributed by atoms with Crippen LogP contribution in [-0.4, -0.2) is 32.0 Å². The Morgan fingerprint density at radius 3 is 2.74 bits per heavy atom. The van der Waals surface area contributed by atoms with Crippen LogP contribution in [0.2, 0.25) is 0 Å². The maximum Gasteiger partial charge on any atom is 0.213 e. The Kier molecular flexibility index (Phi) is 6.11. The van der Waals surface area contributed by atoms with Crippen LogP contribution in [0.5, 0.6) is 11.6 Å². The van der Waals surface area contributed by atoms with Gasteiger partial charge in [-0.15, -0.1) is 0 Å². The first-order chi connectivity index (χ1) is 16.3. The number of aromatic nitrogens is 1. The molecule has 0 radical (unpaired) electrons. The van der Waals surface area contributed by atoms with Gasteiger partial charge in [0.2, 0.25) is 5.88 Å². The number of aryl methyl sites for hydroxylation is 1. The van der Waals surface area contributed by atoms with Crippen LogP contribution in [0.3, 0.4) is 0 Å². The second kappa shape index (κ2) is 9.06. The van der Waals surface area contributed by atoms with Crippen LogP contribution in [0.25, 0.3) is 11.1 Å². The minimum atomic E-state index is -2.97. The Labute approximate surface area is 202 Å². The molecule has 1 aromatic heterocycles. The van der Waals surface area contributed by atoms with Crippen LogP contribution >= 0.6 is 0 Å². The Bertz CT molecular complexity index is 1320. The highest BCUT2D eigenvalue weighted by Crippen LogP contribution is 2.61. The van der Waals surface area contributed by atoms with Crippen molar-refractivity contribution >= 4 is 9.84 Å². The lowest BCUT2D eigenvalue weighted by molar-refractivity contribution is 0.305. The van der Waals surface area contributed by atoms with E-state index in [2.05, 4.69) is 48.3 Å². The van der Waals surface area contributed by atoms with Crippen molar-refractivity contribution in [2.75, 3.05) is 18.6 Å². The fourth-order valence-corrected chi connectivity index (χ4v) is 5.85. The molecular weight excluding hydrogens is 446 g/mol. The van der Waals surface area contributed by atoms with E-state index in [4.69, 9.17) is 9.47 Å². The molecule has 34 heavy (non-hydrogen) atoms. The largest absolute Gasteiger partial charge is 0.489 e. The third kappa shape index (κ3) is 4.97. The molecule has 2 aliphatic carbocycles. The number of ether oxygens (including phenoxy) is 2. The quantitative estimate of drug-likeness (QED) is 0.389. The van der Waals surface area contributed by atoms with Crippen LogP contribution in [0.4, 0.5) is 0 Å². The van der Waals surface area contributed by atoms with Gasteiger partial charge in [-0.2, -0.15) is 0 Å². The van der Waals surface area contributed by atoms with E-state index in [0.717, 1.165) is 45.8 Å². The summed E-state index contributed by atoms with van der Waals surface area (Å²) in [6.07, 6.45) is 4.69. The second-order valence-electron chi connectivity index (χ2n) is 9.77. The molecular formula is C28H31NO4S. The van der Waals surface area contributed by atoms with Gasteiger partial charge in [0.05, 0.1) is 12.4 Å². The molecule has 0 bridgehead atoms. The van der Waals surface area contributed by atoms with Gasteiger partial charge in [-0.05, 0) is 83.5 Å². The Morgan fingerprint density at radius 1 is 1.09 bits per heavy atom. The minimum absolute atomic E-state index is 0.116. The Morgan fingerprint density at radius 2 is 1.94 bits per heavy atom. The fraction of sp³-hybridized carbons (Fsp3) is 0.393. The van der Waals surface area contributed by atoms with E-state index in [9.17, 15) is 8.42 Å². The average molecular weight is 478 g/mol. The maximum atomic E-state index is 11.2. The highest BCUT2D eigenvalue weighted by atomic mass is 32.2. The number of nitrogens with zero attached hydrogens (tertiary/aromatic N) is 1. The van der Waals surface area contributed by atoms with Crippen molar-refractivity contribution in [3.63, 3.8) is 0 Å². The van der Waals surface area contributed by atoms with Gasteiger partial charge in [-0.1, -0.05) is 31.2 Å². The molecule has 5 nitrogen and oxygen atoms in total. The first kappa shape index (κ1) is 22.9. The number of pyridine rings is 1. The van der Waals surface area contributed by atoms with Crippen molar-refractivity contribution in [1.29, 1.82) is 0 Å². The van der Waals surface area contributed by atoms with Gasteiger partial charge >= 0.3 is 0 Å². The summed E-state index contributed by atoms with van der Waals surface area (Å²) in [5, 5.41) is 0. The molecule has 1 saturated carbocycles. The van der Waals surface area contributed by atoms with E-state index < -0.39 is 9.84 Å². The summed E-state index contributed by atoms with van der Waals surface area (Å²) in [7, 11) is -2.97. The van der Waals surface area contributed by atoms with E-state index in [1.807, 2.05) is 25.3 Å². The van der Waals surface area contributed by atoms with Crippen LogP contribution in [0.1, 0.15) is 41.5 Å². The van der Waals surface area contributed by atoms with E-state index in [-0.39, 0.29) is 5.75 Å². The number of benzene rings is 2. The number of hydrogen-bond donors (Lipinski definition) is 0. The third-order valence-corrected chi connectivity index (χ3v) is 8.16. The van der Waals surface area contributed by atoms with Gasteiger partial charge in [0, 0.05) is 24.1 Å². The standard InChI is InChI=1S/C28H31NO4S/c1-18-12-27(32-10-5-11-34(3,30)31)29-16-26(18)21-7-4-6-20(13-21)17-33-23-8-9-24-22(14-23)15-25-19(2)28(24)25/h4,6-9,12-14,16,19,25,28H,5,10-11,15,17H2,1-3H3/t19-,25-,28-/m0/s1. The summed E-state index contributed by atoms with van der Waals surface area (Å²) < 4.78 is 34.3. The van der Waals surface area contributed by atoms with Crippen molar-refractivity contribution in [3.8, 4) is 22.8 Å². The molecule has 3 aromatic rings. The van der Waals surface area contributed by atoms with Gasteiger partial charge < -0.3 is 9.47 Å². The molecule has 2 aromatic carbocycles. The van der Waals surface area contributed by atoms with Crippen molar-refractivity contribution in [2.24, 2.45) is 11.8 Å². The van der Waals surface area contributed by atoms with Crippen LogP contribution < -0.4 is 9.47 Å².